The van der Waals surface area contributed by atoms with Crippen LogP contribution in [0.25, 0.3) is 0 Å². The summed E-state index contributed by atoms with van der Waals surface area (Å²) in [4.78, 5) is 2.13. The maximum absolute atomic E-state index is 8.60. The van der Waals surface area contributed by atoms with Crippen LogP contribution >= 0.6 is 0 Å². The van der Waals surface area contributed by atoms with Gasteiger partial charge in [-0.2, -0.15) is 14.0 Å². The molecular formula is C17H22ClNO5. The van der Waals surface area contributed by atoms with Crippen molar-refractivity contribution < 1.29 is 33.6 Å². The van der Waals surface area contributed by atoms with Gasteiger partial charge in [0.25, 0.3) is 0 Å². The van der Waals surface area contributed by atoms with Gasteiger partial charge in [0.2, 0.25) is 0 Å². The van der Waals surface area contributed by atoms with Gasteiger partial charge in [-0.05, 0) is 25.2 Å². The van der Waals surface area contributed by atoms with E-state index in [-0.39, 0.29) is 6.10 Å². The van der Waals surface area contributed by atoms with Crippen molar-refractivity contribution in [3.05, 3.63) is 71.8 Å². The molecule has 0 aliphatic rings. The third-order valence-corrected chi connectivity index (χ3v) is 3.03. The first-order valence-electron chi connectivity index (χ1n) is 7.27. The average molecular weight is 356 g/mol. The Bertz CT molecular complexity index is 515. The van der Waals surface area contributed by atoms with Crippen LogP contribution in [-0.2, 0) is 4.74 Å². The van der Waals surface area contributed by atoms with Crippen molar-refractivity contribution in [3.63, 3.8) is 0 Å². The molecule has 7 heteroatoms. The smallest absolute Gasteiger partial charge is 0.108 e. The number of rotatable bonds is 6. The average Bonchev–Trinajstić information content (AvgIpc) is 2.51. The van der Waals surface area contributed by atoms with Gasteiger partial charge < -0.3 is 9.64 Å². The third kappa shape index (κ3) is 9.59. The molecule has 2 rings (SSSR count). The molecule has 0 spiro atoms. The van der Waals surface area contributed by atoms with E-state index in [1.807, 2.05) is 12.1 Å². The molecule has 1 N–H and O–H groups in total. The molecule has 6 nitrogen and oxygen atoms in total. The zero-order valence-electron chi connectivity index (χ0n) is 13.7. The van der Waals surface area contributed by atoms with Crippen molar-refractivity contribution in [1.29, 1.82) is 0 Å². The lowest BCUT2D eigenvalue weighted by Gasteiger charge is -2.20. The first-order chi connectivity index (χ1) is 11.3. The van der Waals surface area contributed by atoms with Gasteiger partial charge >= 0.3 is 0 Å². The fraction of sp³-hybridized carbons (Fsp3) is 0.294. The van der Waals surface area contributed by atoms with Crippen molar-refractivity contribution in [3.8, 4) is 0 Å². The highest BCUT2D eigenvalue weighted by atomic mass is 35.7. The van der Waals surface area contributed by atoms with E-state index in [4.69, 9.17) is 23.4 Å². The first kappa shape index (κ1) is 20.5. The zero-order chi connectivity index (χ0) is 18.0. The minimum atomic E-state index is -4.69. The van der Waals surface area contributed by atoms with Crippen molar-refractivity contribution in [1.82, 2.24) is 4.90 Å². The Morgan fingerprint density at radius 1 is 0.917 bits per heavy atom. The van der Waals surface area contributed by atoms with E-state index < -0.39 is 10.2 Å². The molecule has 0 atom stereocenters. The largest absolute Gasteiger partial charge is 0.367 e. The number of nitrogens with zero attached hydrogens (tertiary/aromatic N) is 1. The fourth-order valence-electron chi connectivity index (χ4n) is 1.99. The van der Waals surface area contributed by atoms with Crippen molar-refractivity contribution in [2.75, 3.05) is 27.2 Å². The summed E-state index contributed by atoms with van der Waals surface area (Å²) in [5, 5.41) is 0. The fourth-order valence-corrected chi connectivity index (χ4v) is 1.99. The van der Waals surface area contributed by atoms with Crippen LogP contribution in [0.3, 0.4) is 0 Å². The summed E-state index contributed by atoms with van der Waals surface area (Å²) in [7, 11) is -0.577. The van der Waals surface area contributed by atoms with E-state index in [1.54, 1.807) is 0 Å². The second-order valence-corrected chi connectivity index (χ2v) is 6.06. The number of ether oxygens (including phenoxy) is 1. The summed E-state index contributed by atoms with van der Waals surface area (Å²) >= 11 is 0. The minimum Gasteiger partial charge on any atom is -0.367 e. The highest BCUT2D eigenvalue weighted by Gasteiger charge is 2.13. The van der Waals surface area contributed by atoms with E-state index in [0.29, 0.717) is 0 Å². The molecule has 0 aromatic heterocycles. The Morgan fingerprint density at radius 2 is 1.29 bits per heavy atom. The number of halogens is 1. The molecule has 132 valence electrons. The summed E-state index contributed by atoms with van der Waals surface area (Å²) in [6.07, 6.45) is 0.0161. The van der Waals surface area contributed by atoms with Crippen molar-refractivity contribution in [2.45, 2.75) is 6.10 Å². The summed E-state index contributed by atoms with van der Waals surface area (Å²) < 4.78 is 38.8. The summed E-state index contributed by atoms with van der Waals surface area (Å²) in [6, 6.07) is 20.8. The first-order valence-corrected chi connectivity index (χ1v) is 8.53. The van der Waals surface area contributed by atoms with E-state index in [1.165, 1.54) is 11.1 Å². The SMILES string of the molecule is CN(C)CCOC(c1ccccc1)c1ccccc1.[O-][Cl+3]([O-])([O-])O. The molecule has 2 aromatic rings. The van der Waals surface area contributed by atoms with Crippen LogP contribution in [0.1, 0.15) is 17.2 Å². The molecule has 0 saturated heterocycles. The predicted octanol–water partition coefficient (Wildman–Crippen LogP) is -0.770. The second-order valence-electron chi connectivity index (χ2n) is 5.27. The van der Waals surface area contributed by atoms with Crippen LogP contribution in [-0.4, -0.2) is 36.8 Å². The number of hydrogen-bond donors (Lipinski definition) is 1. The molecule has 0 aliphatic heterocycles. The van der Waals surface area contributed by atoms with Crippen LogP contribution in [0.5, 0.6) is 0 Å². The number of likely N-dealkylation sites (N-methyl/N-ethyl adjacent to an activating group) is 1. The van der Waals surface area contributed by atoms with Crippen LogP contribution in [0, 0.1) is 10.2 Å². The van der Waals surface area contributed by atoms with Crippen LogP contribution in [0.15, 0.2) is 60.7 Å². The number of hydrogen-bond acceptors (Lipinski definition) is 6. The molecule has 0 aliphatic carbocycles. The highest BCUT2D eigenvalue weighted by Crippen LogP contribution is 2.25. The normalized spacial score (nSPS) is 11.3. The highest BCUT2D eigenvalue weighted by molar-refractivity contribution is 5.29. The Kier molecular flexibility index (Phi) is 8.88. The summed E-state index contributed by atoms with van der Waals surface area (Å²) in [5.74, 6) is 0. The maximum atomic E-state index is 8.60. The third-order valence-electron chi connectivity index (χ3n) is 3.03. The van der Waals surface area contributed by atoms with Gasteiger partial charge in [-0.3, -0.25) is 0 Å². The number of benzene rings is 2. The minimum absolute atomic E-state index is 0.0161. The van der Waals surface area contributed by atoms with Gasteiger partial charge in [0, 0.05) is 6.54 Å². The monoisotopic (exact) mass is 355 g/mol. The Labute approximate surface area is 144 Å². The van der Waals surface area contributed by atoms with Gasteiger partial charge in [-0.15, -0.1) is 0 Å². The van der Waals surface area contributed by atoms with Crippen LogP contribution < -0.4 is 14.0 Å². The van der Waals surface area contributed by atoms with E-state index in [9.17, 15) is 0 Å². The molecule has 24 heavy (non-hydrogen) atoms. The van der Waals surface area contributed by atoms with Gasteiger partial charge in [0.15, 0.2) is 0 Å². The topological polar surface area (TPSA) is 102 Å². The molecule has 0 saturated carbocycles. The molecule has 2 aromatic carbocycles. The lowest BCUT2D eigenvalue weighted by atomic mass is 10.0. The molecule has 0 bridgehead atoms. The van der Waals surface area contributed by atoms with Crippen LogP contribution in [0.2, 0.25) is 0 Å². The van der Waals surface area contributed by atoms with E-state index >= 15 is 0 Å². The van der Waals surface area contributed by atoms with Gasteiger partial charge in [-0.1, -0.05) is 60.7 Å². The van der Waals surface area contributed by atoms with Crippen LogP contribution in [0.4, 0.5) is 0 Å². The van der Waals surface area contributed by atoms with E-state index in [2.05, 4.69) is 67.5 Å². The van der Waals surface area contributed by atoms with Crippen molar-refractivity contribution >= 4 is 0 Å². The summed E-state index contributed by atoms with van der Waals surface area (Å²) in [5.41, 5.74) is 2.40. The molecule has 0 amide bonds. The summed E-state index contributed by atoms with van der Waals surface area (Å²) in [6.45, 7) is 1.65. The molecular weight excluding hydrogens is 334 g/mol. The molecule has 0 heterocycles. The second kappa shape index (κ2) is 10.4. The predicted molar refractivity (Wildman–Crippen MR) is 81.5 cm³/mol. The molecule has 0 radical (unpaired) electrons. The Hall–Kier alpha value is -1.51. The quantitative estimate of drug-likeness (QED) is 0.730. The lowest BCUT2D eigenvalue weighted by Crippen LogP contribution is -2.58. The van der Waals surface area contributed by atoms with Gasteiger partial charge in [0.1, 0.15) is 6.10 Å². The van der Waals surface area contributed by atoms with Crippen molar-refractivity contribution in [2.24, 2.45) is 0 Å². The Balaban J connectivity index is 0.000000505. The van der Waals surface area contributed by atoms with Gasteiger partial charge in [-0.25, -0.2) is 0 Å². The molecule has 0 unspecified atom stereocenters. The maximum Gasteiger partial charge on any atom is 0.108 e. The van der Waals surface area contributed by atoms with Gasteiger partial charge in [0.05, 0.1) is 21.5 Å². The lowest BCUT2D eigenvalue weighted by molar-refractivity contribution is -1.92. The zero-order valence-corrected chi connectivity index (χ0v) is 14.4. The standard InChI is InChI=1S/C17H21NO.ClHO4/c1-18(2)13-14-19-17(15-9-5-3-6-10-15)16-11-7-4-8-12-16;2-1(3,4)5/h3-12,17H,13-14H2,1-2H3;(H,2,3,4,5). The molecule has 0 fully saturated rings. The Morgan fingerprint density at radius 3 is 1.62 bits per heavy atom. The van der Waals surface area contributed by atoms with E-state index in [0.717, 1.165) is 13.2 Å².